The number of fused-ring (bicyclic) bond motifs is 1. The van der Waals surface area contributed by atoms with E-state index in [0.29, 0.717) is 18.8 Å². The number of aryl methyl sites for hydroxylation is 3. The molecule has 0 saturated carbocycles. The minimum Gasteiger partial charge on any atom is -0.356 e. The molecule has 3 rings (SSSR count). The Kier molecular flexibility index (Phi) is 5.46. The Hall–Kier alpha value is -2.96. The van der Waals surface area contributed by atoms with Gasteiger partial charge in [-0.3, -0.25) is 9.36 Å². The van der Waals surface area contributed by atoms with Crippen molar-refractivity contribution in [2.24, 2.45) is 0 Å². The summed E-state index contributed by atoms with van der Waals surface area (Å²) in [6.45, 7) is 4.55. The molecule has 1 aromatic carbocycles. The van der Waals surface area contributed by atoms with Crippen LogP contribution in [0.3, 0.4) is 0 Å². The Bertz CT molecular complexity index is 940. The van der Waals surface area contributed by atoms with Crippen LogP contribution in [0.2, 0.25) is 0 Å². The van der Waals surface area contributed by atoms with Crippen LogP contribution in [0.15, 0.2) is 35.1 Å². The van der Waals surface area contributed by atoms with Gasteiger partial charge in [-0.25, -0.2) is 9.78 Å². The maximum atomic E-state index is 12.0. The molecule has 2 N–H and O–H groups in total. The lowest BCUT2D eigenvalue weighted by atomic mass is 10.3. The maximum absolute atomic E-state index is 12.0. The Morgan fingerprint density at radius 2 is 2.04 bits per heavy atom. The lowest BCUT2D eigenvalue weighted by molar-refractivity contribution is -0.121. The average Bonchev–Trinajstić information content (AvgIpc) is 3.00. The Morgan fingerprint density at radius 1 is 1.23 bits per heavy atom. The number of rotatable bonds is 7. The second-order valence-electron chi connectivity index (χ2n) is 6.38. The van der Waals surface area contributed by atoms with Crippen molar-refractivity contribution >= 4 is 16.9 Å². The molecule has 0 fully saturated rings. The largest absolute Gasteiger partial charge is 0.356 e. The molecule has 0 radical (unpaired) electrons. The molecule has 2 aromatic heterocycles. The van der Waals surface area contributed by atoms with Crippen LogP contribution in [-0.4, -0.2) is 32.0 Å². The summed E-state index contributed by atoms with van der Waals surface area (Å²) in [6.07, 6.45) is 1.84. The van der Waals surface area contributed by atoms with Crippen molar-refractivity contribution < 1.29 is 4.79 Å². The number of aromatic nitrogens is 4. The number of hydrogen-bond donors (Lipinski definition) is 2. The van der Waals surface area contributed by atoms with E-state index >= 15 is 0 Å². The summed E-state index contributed by atoms with van der Waals surface area (Å²) >= 11 is 0. The number of carbonyl (C=O) groups excluding carboxylic acids is 1. The molecule has 3 aromatic rings. The number of nitrogens with zero attached hydrogens (tertiary/aromatic N) is 3. The van der Waals surface area contributed by atoms with Crippen LogP contribution in [0.4, 0.5) is 0 Å². The third-order valence-corrected chi connectivity index (χ3v) is 4.26. The minimum atomic E-state index is -0.305. The minimum absolute atomic E-state index is 0.0681. The van der Waals surface area contributed by atoms with Crippen LogP contribution in [0.5, 0.6) is 0 Å². The summed E-state index contributed by atoms with van der Waals surface area (Å²) in [7, 11) is 0. The van der Waals surface area contributed by atoms with Crippen LogP contribution in [-0.2, 0) is 17.8 Å². The van der Waals surface area contributed by atoms with Gasteiger partial charge in [0, 0.05) is 37.3 Å². The van der Waals surface area contributed by atoms with Crippen LogP contribution in [0.1, 0.15) is 30.1 Å². The van der Waals surface area contributed by atoms with Gasteiger partial charge in [-0.1, -0.05) is 12.1 Å². The van der Waals surface area contributed by atoms with Gasteiger partial charge in [-0.15, -0.1) is 0 Å². The first-order valence-corrected chi connectivity index (χ1v) is 8.78. The summed E-state index contributed by atoms with van der Waals surface area (Å²) in [5, 5.41) is 2.89. The number of imidazole rings is 1. The molecule has 1 amide bonds. The van der Waals surface area contributed by atoms with Crippen molar-refractivity contribution in [3.8, 4) is 0 Å². The van der Waals surface area contributed by atoms with Crippen molar-refractivity contribution in [2.45, 2.75) is 39.7 Å². The van der Waals surface area contributed by atoms with Gasteiger partial charge in [0.1, 0.15) is 5.82 Å². The van der Waals surface area contributed by atoms with Gasteiger partial charge in [-0.2, -0.15) is 4.98 Å². The number of H-pyrrole nitrogens is 1. The van der Waals surface area contributed by atoms with Crippen LogP contribution >= 0.6 is 0 Å². The Morgan fingerprint density at radius 3 is 2.81 bits per heavy atom. The zero-order chi connectivity index (χ0) is 18.5. The first-order valence-electron chi connectivity index (χ1n) is 8.78. The fraction of sp³-hybridized carbons (Fsp3) is 0.368. The third-order valence-electron chi connectivity index (χ3n) is 4.26. The monoisotopic (exact) mass is 353 g/mol. The Labute approximate surface area is 151 Å². The quantitative estimate of drug-likeness (QED) is 0.634. The van der Waals surface area contributed by atoms with Gasteiger partial charge < -0.3 is 10.3 Å². The normalized spacial score (nSPS) is 11.0. The molecule has 0 bridgehead atoms. The van der Waals surface area contributed by atoms with E-state index in [9.17, 15) is 9.59 Å². The lowest BCUT2D eigenvalue weighted by Gasteiger charge is -2.09. The lowest BCUT2D eigenvalue weighted by Crippen LogP contribution is -2.30. The molecule has 7 heteroatoms. The number of carbonyl (C=O) groups is 1. The van der Waals surface area contributed by atoms with Gasteiger partial charge in [0.2, 0.25) is 5.91 Å². The summed E-state index contributed by atoms with van der Waals surface area (Å²) in [5.74, 6) is 0.856. The molecule has 136 valence electrons. The highest BCUT2D eigenvalue weighted by molar-refractivity contribution is 5.76. The second kappa shape index (κ2) is 7.95. The van der Waals surface area contributed by atoms with Crippen molar-refractivity contribution in [3.05, 3.63) is 58.0 Å². The highest BCUT2D eigenvalue weighted by Gasteiger charge is 2.07. The summed E-state index contributed by atoms with van der Waals surface area (Å²) in [5.41, 5.74) is 3.19. The number of benzene rings is 1. The Balaban J connectivity index is 1.42. The number of nitrogens with one attached hydrogen (secondary N) is 2. The highest BCUT2D eigenvalue weighted by atomic mass is 16.2. The smallest absolute Gasteiger partial charge is 0.347 e. The average molecular weight is 353 g/mol. The van der Waals surface area contributed by atoms with Gasteiger partial charge in [-0.05, 0) is 38.5 Å². The van der Waals surface area contributed by atoms with E-state index in [4.69, 9.17) is 0 Å². The van der Waals surface area contributed by atoms with Crippen molar-refractivity contribution in [1.29, 1.82) is 0 Å². The van der Waals surface area contributed by atoms with E-state index in [2.05, 4.69) is 20.3 Å². The van der Waals surface area contributed by atoms with Gasteiger partial charge >= 0.3 is 5.69 Å². The SMILES string of the molecule is Cc1cc(C)n(CCC(=O)NCCCc2nc3ccccc3[nH]2)c(=O)n1. The topological polar surface area (TPSA) is 92.7 Å². The molecule has 2 heterocycles. The molecular weight excluding hydrogens is 330 g/mol. The fourth-order valence-electron chi connectivity index (χ4n) is 2.96. The number of para-hydroxylation sites is 2. The highest BCUT2D eigenvalue weighted by Crippen LogP contribution is 2.11. The number of hydrogen-bond acceptors (Lipinski definition) is 4. The first kappa shape index (κ1) is 17.8. The summed E-state index contributed by atoms with van der Waals surface area (Å²) in [6, 6.07) is 9.75. The molecule has 0 unspecified atom stereocenters. The predicted molar refractivity (Wildman–Crippen MR) is 100 cm³/mol. The molecule has 26 heavy (non-hydrogen) atoms. The predicted octanol–water partition coefficient (Wildman–Crippen LogP) is 1.88. The van der Waals surface area contributed by atoms with Gasteiger partial charge in [0.25, 0.3) is 0 Å². The molecule has 0 aliphatic heterocycles. The molecule has 0 spiro atoms. The maximum Gasteiger partial charge on any atom is 0.347 e. The number of amides is 1. The molecule has 0 aliphatic rings. The van der Waals surface area contributed by atoms with E-state index in [1.54, 1.807) is 6.92 Å². The number of aromatic amines is 1. The van der Waals surface area contributed by atoms with E-state index in [1.165, 1.54) is 4.57 Å². The van der Waals surface area contributed by atoms with Gasteiger partial charge in [0.05, 0.1) is 11.0 Å². The molecule has 7 nitrogen and oxygen atoms in total. The summed E-state index contributed by atoms with van der Waals surface area (Å²) in [4.78, 5) is 35.6. The van der Waals surface area contributed by atoms with E-state index in [-0.39, 0.29) is 18.0 Å². The molecule has 0 atom stereocenters. The second-order valence-corrected chi connectivity index (χ2v) is 6.38. The standard InChI is InChI=1S/C19H23N5O2/c1-13-12-14(2)24(19(26)21-13)11-9-18(25)20-10-5-8-17-22-15-6-3-4-7-16(15)23-17/h3-4,6-7,12H,5,8-11H2,1-2H3,(H,20,25)(H,22,23). The van der Waals surface area contributed by atoms with Crippen molar-refractivity contribution in [1.82, 2.24) is 24.8 Å². The third kappa shape index (κ3) is 4.36. The zero-order valence-corrected chi connectivity index (χ0v) is 15.1. The van der Waals surface area contributed by atoms with Crippen LogP contribution in [0.25, 0.3) is 11.0 Å². The molecule has 0 saturated heterocycles. The fourth-order valence-corrected chi connectivity index (χ4v) is 2.96. The van der Waals surface area contributed by atoms with Gasteiger partial charge in [0.15, 0.2) is 0 Å². The van der Waals surface area contributed by atoms with Crippen LogP contribution < -0.4 is 11.0 Å². The van der Waals surface area contributed by atoms with Crippen molar-refractivity contribution in [2.75, 3.05) is 6.54 Å². The van der Waals surface area contributed by atoms with Crippen molar-refractivity contribution in [3.63, 3.8) is 0 Å². The first-order chi connectivity index (χ1) is 12.5. The van der Waals surface area contributed by atoms with E-state index in [1.807, 2.05) is 37.3 Å². The van der Waals surface area contributed by atoms with E-state index in [0.717, 1.165) is 35.4 Å². The summed E-state index contributed by atoms with van der Waals surface area (Å²) < 4.78 is 1.53. The molecular formula is C19H23N5O2. The van der Waals surface area contributed by atoms with Crippen LogP contribution in [0, 0.1) is 13.8 Å². The zero-order valence-electron chi connectivity index (χ0n) is 15.1. The molecule has 0 aliphatic carbocycles. The van der Waals surface area contributed by atoms with E-state index < -0.39 is 0 Å².